The molecule has 0 aliphatic heterocycles. The van der Waals surface area contributed by atoms with Crippen molar-refractivity contribution in [2.45, 2.75) is 31.9 Å². The van der Waals surface area contributed by atoms with Gasteiger partial charge >= 0.3 is 8.56 Å². The van der Waals surface area contributed by atoms with Crippen LogP contribution in [0.1, 0.15) is 19.8 Å². The zero-order valence-corrected chi connectivity index (χ0v) is 10.3. The highest BCUT2D eigenvalue weighted by atomic mass is 28.4. The van der Waals surface area contributed by atoms with Gasteiger partial charge in [-0.3, -0.25) is 0 Å². The predicted octanol–water partition coefficient (Wildman–Crippen LogP) is 1.64. The molecule has 0 radical (unpaired) electrons. The fraction of sp³-hybridized carbons (Fsp3) is 1.00. The number of rotatable bonds is 6. The second-order valence-corrected chi connectivity index (χ2v) is 6.77. The van der Waals surface area contributed by atoms with Gasteiger partial charge in [-0.1, -0.05) is 13.3 Å². The lowest BCUT2D eigenvalue weighted by molar-refractivity contribution is 0.232. The van der Waals surface area contributed by atoms with Crippen LogP contribution in [0.4, 0.5) is 0 Å². The van der Waals surface area contributed by atoms with Crippen LogP contribution in [0.5, 0.6) is 0 Å². The molecule has 5 N–H and O–H groups in total. The third kappa shape index (κ3) is 4.19. The summed E-state index contributed by atoms with van der Waals surface area (Å²) >= 11 is 0. The summed E-state index contributed by atoms with van der Waals surface area (Å²) in [7, 11) is 1.53. The Balaban J connectivity index is 0. The van der Waals surface area contributed by atoms with Crippen LogP contribution in [0, 0.1) is 0 Å². The number of hydrogen-bond acceptors (Lipinski definition) is 4. The first kappa shape index (κ1) is 15.5. The smallest absolute Gasteiger partial charge is 0.337 e. The first-order chi connectivity index (χ1) is 5.64. The maximum atomic E-state index is 5.52. The Labute approximate surface area is 82.6 Å². The summed E-state index contributed by atoms with van der Waals surface area (Å²) in [6, 6.07) is 0. The third-order valence-electron chi connectivity index (χ3n) is 2.56. The molecule has 4 nitrogen and oxygen atoms in total. The van der Waals surface area contributed by atoms with Crippen LogP contribution in [-0.4, -0.2) is 29.3 Å². The van der Waals surface area contributed by atoms with E-state index in [1.165, 1.54) is 0 Å². The van der Waals surface area contributed by atoms with Crippen molar-refractivity contribution in [1.82, 2.24) is 6.15 Å². The van der Waals surface area contributed by atoms with Crippen molar-refractivity contribution in [2.75, 3.05) is 20.8 Å². The minimum absolute atomic E-state index is 0. The van der Waals surface area contributed by atoms with Crippen LogP contribution in [0.2, 0.25) is 12.1 Å². The maximum absolute atomic E-state index is 5.52. The monoisotopic (exact) mass is 208 g/mol. The Morgan fingerprint density at radius 2 is 1.77 bits per heavy atom. The highest BCUT2D eigenvalue weighted by Crippen LogP contribution is 2.29. The van der Waals surface area contributed by atoms with Gasteiger partial charge in [0.05, 0.1) is 0 Å². The summed E-state index contributed by atoms with van der Waals surface area (Å²) < 4.78 is 10.9. The lowest BCUT2D eigenvalue weighted by atomic mass is 10.2. The molecule has 1 unspecified atom stereocenters. The Hall–Kier alpha value is 0.0569. The van der Waals surface area contributed by atoms with Gasteiger partial charge in [0, 0.05) is 19.8 Å². The average Bonchev–Trinajstić information content (AvgIpc) is 2.13. The highest BCUT2D eigenvalue weighted by molar-refractivity contribution is 6.67. The molecule has 0 saturated carbocycles. The van der Waals surface area contributed by atoms with E-state index in [1.807, 2.05) is 0 Å². The van der Waals surface area contributed by atoms with Crippen molar-refractivity contribution >= 4 is 8.56 Å². The summed E-state index contributed by atoms with van der Waals surface area (Å²) in [5.74, 6) is 0. The Morgan fingerprint density at radius 1 is 1.31 bits per heavy atom. The van der Waals surface area contributed by atoms with E-state index in [2.05, 4.69) is 13.5 Å². The van der Waals surface area contributed by atoms with Crippen molar-refractivity contribution in [3.05, 3.63) is 0 Å². The molecule has 0 fully saturated rings. The van der Waals surface area contributed by atoms with E-state index >= 15 is 0 Å². The molecule has 0 heterocycles. The average molecular weight is 208 g/mol. The molecule has 82 valence electrons. The quantitative estimate of drug-likeness (QED) is 0.650. The third-order valence-corrected chi connectivity index (χ3v) is 6.36. The second-order valence-electron chi connectivity index (χ2n) is 3.11. The van der Waals surface area contributed by atoms with Crippen LogP contribution in [0.3, 0.4) is 0 Å². The maximum Gasteiger partial charge on any atom is 0.337 e. The van der Waals surface area contributed by atoms with E-state index in [4.69, 9.17) is 14.6 Å². The number of nitrogens with two attached hydrogens (primary N) is 1. The molecular formula is C8H24N2O2Si. The Morgan fingerprint density at radius 3 is 2.00 bits per heavy atom. The minimum atomic E-state index is -1.93. The molecule has 0 rings (SSSR count). The summed E-state index contributed by atoms with van der Waals surface area (Å²) in [4.78, 5) is 0. The van der Waals surface area contributed by atoms with E-state index in [9.17, 15) is 0 Å². The summed E-state index contributed by atoms with van der Waals surface area (Å²) in [6.07, 6.45) is 2.09. The minimum Gasteiger partial charge on any atom is -0.398 e. The molecule has 0 aromatic heterocycles. The SMILES string of the molecule is CCC(CCN)[Si](C)(OC)OC.N. The zero-order chi connectivity index (χ0) is 9.61. The highest BCUT2D eigenvalue weighted by Gasteiger charge is 2.37. The first-order valence-corrected chi connectivity index (χ1v) is 6.84. The second kappa shape index (κ2) is 7.46. The molecule has 0 aliphatic rings. The predicted molar refractivity (Wildman–Crippen MR) is 58.4 cm³/mol. The van der Waals surface area contributed by atoms with Gasteiger partial charge in [0.25, 0.3) is 0 Å². The van der Waals surface area contributed by atoms with E-state index in [-0.39, 0.29) is 6.15 Å². The zero-order valence-electron chi connectivity index (χ0n) is 9.30. The lowest BCUT2D eigenvalue weighted by Crippen LogP contribution is -2.42. The molecule has 0 bridgehead atoms. The summed E-state index contributed by atoms with van der Waals surface area (Å²) in [6.45, 7) is 4.97. The standard InChI is InChI=1S/C8H21NO2Si.H3N/c1-5-8(6-7-9)12(4,10-2)11-3;/h8H,5-7,9H2,1-4H3;1H3. The molecule has 0 aromatic rings. The molecular weight excluding hydrogens is 184 g/mol. The topological polar surface area (TPSA) is 79.5 Å². The molecule has 1 atom stereocenters. The van der Waals surface area contributed by atoms with Gasteiger partial charge in [-0.15, -0.1) is 0 Å². The molecule has 5 heteroatoms. The molecule has 0 amide bonds. The van der Waals surface area contributed by atoms with Gasteiger partial charge in [-0.2, -0.15) is 0 Å². The van der Waals surface area contributed by atoms with Crippen LogP contribution >= 0.6 is 0 Å². The van der Waals surface area contributed by atoms with Gasteiger partial charge < -0.3 is 20.7 Å². The molecule has 0 aromatic carbocycles. The molecule has 0 aliphatic carbocycles. The van der Waals surface area contributed by atoms with Crippen molar-refractivity contribution in [3.8, 4) is 0 Å². The van der Waals surface area contributed by atoms with E-state index < -0.39 is 8.56 Å². The van der Waals surface area contributed by atoms with Crippen molar-refractivity contribution < 1.29 is 8.85 Å². The van der Waals surface area contributed by atoms with Crippen LogP contribution in [-0.2, 0) is 8.85 Å². The molecule has 0 spiro atoms. The van der Waals surface area contributed by atoms with Crippen molar-refractivity contribution in [2.24, 2.45) is 5.73 Å². The molecule has 13 heavy (non-hydrogen) atoms. The first-order valence-electron chi connectivity index (χ1n) is 4.45. The van der Waals surface area contributed by atoms with E-state index in [0.717, 1.165) is 12.8 Å². The van der Waals surface area contributed by atoms with Crippen molar-refractivity contribution in [3.63, 3.8) is 0 Å². The van der Waals surface area contributed by atoms with Crippen LogP contribution in [0.15, 0.2) is 0 Å². The van der Waals surface area contributed by atoms with Crippen LogP contribution in [0.25, 0.3) is 0 Å². The number of hydrogen-bond donors (Lipinski definition) is 2. The van der Waals surface area contributed by atoms with E-state index in [1.54, 1.807) is 14.2 Å². The normalized spacial score (nSPS) is 13.6. The lowest BCUT2D eigenvalue weighted by Gasteiger charge is -2.30. The van der Waals surface area contributed by atoms with Crippen molar-refractivity contribution in [1.29, 1.82) is 0 Å². The summed E-state index contributed by atoms with van der Waals surface area (Å²) in [5, 5.41) is 0. The fourth-order valence-electron chi connectivity index (χ4n) is 1.45. The Bertz CT molecular complexity index is 121. The van der Waals surface area contributed by atoms with Crippen LogP contribution < -0.4 is 11.9 Å². The van der Waals surface area contributed by atoms with Gasteiger partial charge in [-0.25, -0.2) is 0 Å². The fourth-order valence-corrected chi connectivity index (χ4v) is 3.72. The van der Waals surface area contributed by atoms with E-state index in [0.29, 0.717) is 12.1 Å². The largest absolute Gasteiger partial charge is 0.398 e. The Kier molecular flexibility index (Phi) is 8.91. The van der Waals surface area contributed by atoms with Gasteiger partial charge in [0.2, 0.25) is 0 Å². The van der Waals surface area contributed by atoms with Gasteiger partial charge in [0.1, 0.15) is 0 Å². The summed E-state index contributed by atoms with van der Waals surface area (Å²) in [5.41, 5.74) is 6.03. The van der Waals surface area contributed by atoms with Gasteiger partial charge in [0.15, 0.2) is 0 Å². The van der Waals surface area contributed by atoms with Gasteiger partial charge in [-0.05, 0) is 19.5 Å². The molecule has 0 saturated heterocycles.